The standard InChI is InChI=1S/C8H5N3O4S/c9-10-7(8(12)13)16-6-4-2-1-3-5(6)11(14)15/h1-4H,(H,12,13). The zero-order chi connectivity index (χ0) is 12.1. The maximum Gasteiger partial charge on any atom is 0.438 e. The Bertz CT molecular complexity index is 496. The van der Waals surface area contributed by atoms with E-state index in [2.05, 4.69) is 4.79 Å². The summed E-state index contributed by atoms with van der Waals surface area (Å²) in [5.74, 6) is -1.45. The molecule has 0 bridgehead atoms. The Hall–Kier alpha value is -2.18. The summed E-state index contributed by atoms with van der Waals surface area (Å²) in [7, 11) is 0. The van der Waals surface area contributed by atoms with Crippen molar-refractivity contribution in [3.8, 4) is 0 Å². The van der Waals surface area contributed by atoms with E-state index in [4.69, 9.17) is 10.6 Å². The second-order valence-electron chi connectivity index (χ2n) is 2.54. The summed E-state index contributed by atoms with van der Waals surface area (Å²) in [6, 6.07) is 5.58. The van der Waals surface area contributed by atoms with Gasteiger partial charge in [-0.25, -0.2) is 4.79 Å². The van der Waals surface area contributed by atoms with Crippen molar-refractivity contribution in [2.24, 2.45) is 0 Å². The van der Waals surface area contributed by atoms with Crippen LogP contribution in [0.25, 0.3) is 5.53 Å². The molecule has 0 aliphatic rings. The first-order valence-corrected chi connectivity index (χ1v) is 4.74. The number of benzene rings is 1. The zero-order valence-corrected chi connectivity index (χ0v) is 8.55. The molecule has 1 aromatic carbocycles. The first kappa shape index (κ1) is 11.9. The number of nitro benzene ring substituents is 1. The lowest BCUT2D eigenvalue weighted by atomic mass is 10.3. The van der Waals surface area contributed by atoms with Crippen molar-refractivity contribution in [2.45, 2.75) is 4.90 Å². The Balaban J connectivity index is 3.10. The molecule has 0 atom stereocenters. The normalized spacial score (nSPS) is 9.25. The summed E-state index contributed by atoms with van der Waals surface area (Å²) in [5.41, 5.74) is 8.16. The highest BCUT2D eigenvalue weighted by Crippen LogP contribution is 2.28. The molecular formula is C8H5N3O4S. The van der Waals surface area contributed by atoms with Crippen LogP contribution in [0.1, 0.15) is 0 Å². The third-order valence-electron chi connectivity index (χ3n) is 1.54. The van der Waals surface area contributed by atoms with E-state index in [0.29, 0.717) is 11.8 Å². The molecular weight excluding hydrogens is 234 g/mol. The minimum atomic E-state index is -1.45. The molecule has 0 unspecified atom stereocenters. The summed E-state index contributed by atoms with van der Waals surface area (Å²) in [5, 5.41) is 18.6. The van der Waals surface area contributed by atoms with E-state index in [-0.39, 0.29) is 10.6 Å². The molecule has 0 saturated carbocycles. The number of carbonyl (C=O) groups is 1. The number of aliphatic carboxylic acids is 1. The van der Waals surface area contributed by atoms with E-state index in [1.807, 2.05) is 0 Å². The van der Waals surface area contributed by atoms with Crippen LogP contribution in [0.15, 0.2) is 29.2 Å². The SMILES string of the molecule is [N-]=[N+]=C(Sc1ccccc1[N+](=O)[O-])C(=O)O. The molecule has 0 amide bonds. The molecule has 16 heavy (non-hydrogen) atoms. The largest absolute Gasteiger partial charge is 0.472 e. The van der Waals surface area contributed by atoms with Gasteiger partial charge in [-0.1, -0.05) is 12.1 Å². The van der Waals surface area contributed by atoms with Crippen LogP contribution >= 0.6 is 11.8 Å². The van der Waals surface area contributed by atoms with E-state index in [9.17, 15) is 14.9 Å². The third-order valence-corrected chi connectivity index (χ3v) is 2.56. The van der Waals surface area contributed by atoms with Crippen molar-refractivity contribution in [3.63, 3.8) is 0 Å². The van der Waals surface area contributed by atoms with Crippen molar-refractivity contribution in [1.29, 1.82) is 0 Å². The van der Waals surface area contributed by atoms with Gasteiger partial charge >= 0.3 is 11.0 Å². The highest BCUT2D eigenvalue weighted by atomic mass is 32.2. The second kappa shape index (κ2) is 5.06. The number of carboxylic acid groups (broad SMARTS) is 1. The van der Waals surface area contributed by atoms with Gasteiger partial charge in [-0.05, 0) is 6.07 Å². The number of rotatable bonds is 2. The fraction of sp³-hybridized carbons (Fsp3) is 0. The number of hydrogen-bond acceptors (Lipinski definition) is 4. The van der Waals surface area contributed by atoms with E-state index in [1.165, 1.54) is 24.3 Å². The van der Waals surface area contributed by atoms with E-state index in [1.54, 1.807) is 0 Å². The smallest absolute Gasteiger partial charge is 0.438 e. The average Bonchev–Trinajstić information content (AvgIpc) is 2.25. The molecule has 0 saturated heterocycles. The van der Waals surface area contributed by atoms with Crippen molar-refractivity contribution in [2.75, 3.05) is 0 Å². The Morgan fingerprint density at radius 1 is 1.50 bits per heavy atom. The lowest BCUT2D eigenvalue weighted by molar-refractivity contribution is -0.387. The van der Waals surface area contributed by atoms with Crippen molar-refractivity contribution >= 4 is 28.5 Å². The number of nitro groups is 1. The Morgan fingerprint density at radius 2 is 2.12 bits per heavy atom. The Morgan fingerprint density at radius 3 is 2.62 bits per heavy atom. The quantitative estimate of drug-likeness (QED) is 0.159. The molecule has 1 aromatic rings. The van der Waals surface area contributed by atoms with E-state index >= 15 is 0 Å². The van der Waals surface area contributed by atoms with Gasteiger partial charge in [0.25, 0.3) is 5.69 Å². The number of para-hydroxylation sites is 1. The predicted octanol–water partition coefficient (Wildman–Crippen LogP) is 1.40. The molecule has 8 heteroatoms. The maximum atomic E-state index is 10.6. The number of nitrogens with zero attached hydrogens (tertiary/aromatic N) is 3. The van der Waals surface area contributed by atoms with Crippen LogP contribution in [-0.2, 0) is 4.79 Å². The van der Waals surface area contributed by atoms with Gasteiger partial charge < -0.3 is 10.6 Å². The number of carboxylic acids is 1. The lowest BCUT2D eigenvalue weighted by Gasteiger charge is -1.96. The van der Waals surface area contributed by atoms with Crippen molar-refractivity contribution in [1.82, 2.24) is 0 Å². The minimum absolute atomic E-state index is 0.0997. The van der Waals surface area contributed by atoms with E-state index in [0.717, 1.165) is 0 Å². The van der Waals surface area contributed by atoms with Crippen molar-refractivity contribution < 1.29 is 19.6 Å². The molecule has 7 nitrogen and oxygen atoms in total. The highest BCUT2D eigenvalue weighted by molar-refractivity contribution is 8.15. The fourth-order valence-electron chi connectivity index (χ4n) is 0.905. The predicted molar refractivity (Wildman–Crippen MR) is 55.2 cm³/mol. The van der Waals surface area contributed by atoms with Crippen LogP contribution in [0.4, 0.5) is 5.69 Å². The molecule has 0 fully saturated rings. The van der Waals surface area contributed by atoms with Crippen molar-refractivity contribution in [3.05, 3.63) is 39.9 Å². The molecule has 0 radical (unpaired) electrons. The van der Waals surface area contributed by atoms with Gasteiger partial charge in [0.15, 0.2) is 0 Å². The summed E-state index contributed by atoms with van der Waals surface area (Å²) >= 11 is 0.511. The zero-order valence-electron chi connectivity index (χ0n) is 7.73. The minimum Gasteiger partial charge on any atom is -0.472 e. The molecule has 82 valence electrons. The van der Waals surface area contributed by atoms with Gasteiger partial charge in [-0.15, -0.1) is 0 Å². The van der Waals surface area contributed by atoms with Crippen LogP contribution in [0.5, 0.6) is 0 Å². The summed E-state index contributed by atoms with van der Waals surface area (Å²) < 4.78 is 0. The molecule has 1 rings (SSSR count). The maximum absolute atomic E-state index is 10.6. The Labute approximate surface area is 93.5 Å². The van der Waals surface area contributed by atoms with Gasteiger partial charge in [0.05, 0.1) is 9.82 Å². The fourth-order valence-corrected chi connectivity index (χ4v) is 1.64. The molecule has 0 aliphatic carbocycles. The second-order valence-corrected chi connectivity index (χ2v) is 3.57. The molecule has 0 aromatic heterocycles. The first-order valence-electron chi connectivity index (χ1n) is 3.93. The van der Waals surface area contributed by atoms with Crippen LogP contribution in [0, 0.1) is 10.1 Å². The Kier molecular flexibility index (Phi) is 3.76. The van der Waals surface area contributed by atoms with Crippen LogP contribution in [0.3, 0.4) is 0 Å². The van der Waals surface area contributed by atoms with Gasteiger partial charge in [0.1, 0.15) is 0 Å². The van der Waals surface area contributed by atoms with Gasteiger partial charge in [-0.2, -0.15) is 4.79 Å². The first-order chi connectivity index (χ1) is 7.56. The van der Waals surface area contributed by atoms with Gasteiger partial charge in [0, 0.05) is 17.8 Å². The van der Waals surface area contributed by atoms with Crippen LogP contribution in [-0.4, -0.2) is 25.8 Å². The van der Waals surface area contributed by atoms with E-state index < -0.39 is 15.9 Å². The molecule has 1 N–H and O–H groups in total. The van der Waals surface area contributed by atoms with Crippen LogP contribution < -0.4 is 0 Å². The molecule has 0 spiro atoms. The third kappa shape index (κ3) is 2.66. The summed E-state index contributed by atoms with van der Waals surface area (Å²) in [6.07, 6.45) is 0. The monoisotopic (exact) mass is 239 g/mol. The lowest BCUT2D eigenvalue weighted by Crippen LogP contribution is -2.09. The summed E-state index contributed by atoms with van der Waals surface area (Å²) in [4.78, 5) is 23.1. The number of thioether (sulfide) groups is 1. The molecule has 0 heterocycles. The highest BCUT2D eigenvalue weighted by Gasteiger charge is 2.25. The van der Waals surface area contributed by atoms with Gasteiger partial charge in [-0.3, -0.25) is 10.1 Å². The van der Waals surface area contributed by atoms with Crippen LogP contribution in [0.2, 0.25) is 0 Å². The topological polar surface area (TPSA) is 117 Å². The number of hydrogen-bond donors (Lipinski definition) is 1. The summed E-state index contributed by atoms with van der Waals surface area (Å²) in [6.45, 7) is 0. The van der Waals surface area contributed by atoms with Gasteiger partial charge in [0.2, 0.25) is 0 Å². The molecule has 0 aliphatic heterocycles. The average molecular weight is 239 g/mol.